The van der Waals surface area contributed by atoms with Crippen LogP contribution in [0, 0.1) is 0 Å². The molecule has 0 radical (unpaired) electrons. The molecular formula is C13H27O4PS2. The Morgan fingerprint density at radius 3 is 2.20 bits per heavy atom. The fourth-order valence-corrected chi connectivity index (χ4v) is 6.98. The van der Waals surface area contributed by atoms with E-state index in [2.05, 4.69) is 6.92 Å². The van der Waals surface area contributed by atoms with Gasteiger partial charge in [-0.3, -0.25) is 4.79 Å². The average molecular weight is 342 g/mol. The van der Waals surface area contributed by atoms with E-state index in [9.17, 15) is 4.79 Å². The maximum absolute atomic E-state index is 11.5. The summed E-state index contributed by atoms with van der Waals surface area (Å²) in [6, 6.07) is 0. The molecule has 0 fully saturated rings. The van der Waals surface area contributed by atoms with Crippen LogP contribution >= 0.6 is 17.1 Å². The second-order valence-electron chi connectivity index (χ2n) is 4.91. The van der Waals surface area contributed by atoms with Gasteiger partial charge in [0.25, 0.3) is 0 Å². The van der Waals surface area contributed by atoms with E-state index in [0.717, 1.165) is 12.8 Å². The Kier molecular flexibility index (Phi) is 11.2. The lowest BCUT2D eigenvalue weighted by Gasteiger charge is -2.25. The molecule has 0 aliphatic carbocycles. The first-order chi connectivity index (χ1) is 9.29. The van der Waals surface area contributed by atoms with Crippen LogP contribution in [0.25, 0.3) is 0 Å². The Morgan fingerprint density at radius 1 is 1.20 bits per heavy atom. The molecule has 0 aliphatic rings. The number of hydrogen-bond acceptors (Lipinski definition) is 6. The minimum atomic E-state index is -2.38. The first-order valence-electron chi connectivity index (χ1n) is 7.06. The van der Waals surface area contributed by atoms with Gasteiger partial charge >= 0.3 is 5.97 Å². The molecule has 0 aliphatic heterocycles. The van der Waals surface area contributed by atoms with Crippen molar-refractivity contribution in [1.82, 2.24) is 0 Å². The molecule has 0 rings (SSSR count). The molecule has 120 valence electrons. The van der Waals surface area contributed by atoms with Crippen molar-refractivity contribution in [3.05, 3.63) is 0 Å². The maximum Gasteiger partial charge on any atom is 0.306 e. The zero-order valence-corrected chi connectivity index (χ0v) is 15.6. The molecule has 0 amide bonds. The van der Waals surface area contributed by atoms with Crippen molar-refractivity contribution < 1.29 is 18.6 Å². The summed E-state index contributed by atoms with van der Waals surface area (Å²) in [6.07, 6.45) is 2.31. The van der Waals surface area contributed by atoms with Gasteiger partial charge in [0, 0.05) is 5.75 Å². The molecule has 0 aromatic carbocycles. The zero-order chi connectivity index (χ0) is 15.6. The summed E-state index contributed by atoms with van der Waals surface area (Å²) in [5.74, 6) is 0.392. The van der Waals surface area contributed by atoms with E-state index in [-0.39, 0.29) is 18.2 Å². The number of carbonyl (C=O) groups is 1. The first kappa shape index (κ1) is 20.4. The number of rotatable bonds is 11. The topological polar surface area (TPSA) is 44.8 Å². The van der Waals surface area contributed by atoms with Crippen molar-refractivity contribution in [2.75, 3.05) is 12.4 Å². The van der Waals surface area contributed by atoms with Gasteiger partial charge in [0.1, 0.15) is 0 Å². The predicted octanol–water partition coefficient (Wildman–Crippen LogP) is 4.53. The van der Waals surface area contributed by atoms with Gasteiger partial charge in [-0.2, -0.15) is 0 Å². The van der Waals surface area contributed by atoms with Crippen molar-refractivity contribution in [3.63, 3.8) is 0 Å². The molecule has 0 bridgehead atoms. The molecule has 0 saturated carbocycles. The number of ether oxygens (including phenoxy) is 1. The van der Waals surface area contributed by atoms with Crippen molar-refractivity contribution in [3.8, 4) is 0 Å². The number of unbranched alkanes of at least 4 members (excludes halogenated alkanes) is 1. The van der Waals surface area contributed by atoms with Gasteiger partial charge in [-0.15, -0.1) is 0 Å². The number of esters is 1. The summed E-state index contributed by atoms with van der Waals surface area (Å²) >= 11 is 6.92. The Bertz CT molecular complexity index is 307. The average Bonchev–Trinajstić information content (AvgIpc) is 2.26. The monoisotopic (exact) mass is 342 g/mol. The van der Waals surface area contributed by atoms with Crippen molar-refractivity contribution in [2.24, 2.45) is 0 Å². The van der Waals surface area contributed by atoms with Gasteiger partial charge in [-0.25, -0.2) is 0 Å². The van der Waals surface area contributed by atoms with Crippen LogP contribution in [0.15, 0.2) is 0 Å². The highest BCUT2D eigenvalue weighted by atomic mass is 32.9. The van der Waals surface area contributed by atoms with Gasteiger partial charge in [0.15, 0.2) is 0 Å². The molecule has 0 N–H and O–H groups in total. The van der Waals surface area contributed by atoms with Crippen LogP contribution in [-0.2, 0) is 30.4 Å². The lowest BCUT2D eigenvalue weighted by atomic mass is 10.4. The smallest absolute Gasteiger partial charge is 0.306 e. The second-order valence-corrected chi connectivity index (χ2v) is 11.2. The normalized spacial score (nSPS) is 12.2. The van der Waals surface area contributed by atoms with Gasteiger partial charge in [0.2, 0.25) is 5.69 Å². The summed E-state index contributed by atoms with van der Waals surface area (Å²) in [5.41, 5.74) is -2.38. The molecule has 0 saturated heterocycles. The molecule has 0 aromatic heterocycles. The molecule has 4 nitrogen and oxygen atoms in total. The van der Waals surface area contributed by atoms with Gasteiger partial charge in [0.05, 0.1) is 25.2 Å². The SMILES string of the molecule is CCCCOC(=O)CCSP(=S)(OC(C)C)OC(C)C. The van der Waals surface area contributed by atoms with Crippen molar-refractivity contribution in [2.45, 2.75) is 66.1 Å². The largest absolute Gasteiger partial charge is 0.466 e. The minimum Gasteiger partial charge on any atom is -0.466 e. The molecule has 0 spiro atoms. The summed E-state index contributed by atoms with van der Waals surface area (Å²) in [6.45, 7) is 10.3. The highest BCUT2D eigenvalue weighted by Gasteiger charge is 2.23. The highest BCUT2D eigenvalue weighted by molar-refractivity contribution is 8.67. The minimum absolute atomic E-state index is 0.0172. The summed E-state index contributed by atoms with van der Waals surface area (Å²) in [7, 11) is 0. The van der Waals surface area contributed by atoms with Crippen LogP contribution in [0.3, 0.4) is 0 Å². The number of carbonyl (C=O) groups excluding carboxylic acids is 1. The standard InChI is InChI=1S/C13H27O4PS2/c1-6-7-9-15-13(14)8-10-20-18(19,16-11(2)3)17-12(4)5/h11-12H,6-10H2,1-5H3. The molecule has 0 unspecified atom stereocenters. The highest BCUT2D eigenvalue weighted by Crippen LogP contribution is 2.62. The molecular weight excluding hydrogens is 315 g/mol. The molecule has 20 heavy (non-hydrogen) atoms. The van der Waals surface area contributed by atoms with E-state index < -0.39 is 5.69 Å². The van der Waals surface area contributed by atoms with Crippen LogP contribution in [0.5, 0.6) is 0 Å². The van der Waals surface area contributed by atoms with E-state index >= 15 is 0 Å². The van der Waals surface area contributed by atoms with Crippen LogP contribution in [0.1, 0.15) is 53.9 Å². The maximum atomic E-state index is 11.5. The Morgan fingerprint density at radius 2 is 1.75 bits per heavy atom. The number of hydrogen-bond donors (Lipinski definition) is 0. The quantitative estimate of drug-likeness (QED) is 0.312. The lowest BCUT2D eigenvalue weighted by Crippen LogP contribution is -2.09. The zero-order valence-electron chi connectivity index (χ0n) is 13.1. The third-order valence-corrected chi connectivity index (χ3v) is 7.54. The van der Waals surface area contributed by atoms with Crippen LogP contribution in [-0.4, -0.2) is 30.5 Å². The van der Waals surface area contributed by atoms with E-state index in [4.69, 9.17) is 25.6 Å². The summed E-state index contributed by atoms with van der Waals surface area (Å²) in [5, 5.41) is 0. The van der Waals surface area contributed by atoms with E-state index in [1.807, 2.05) is 27.7 Å². The third-order valence-electron chi connectivity index (χ3n) is 2.00. The molecule has 0 atom stereocenters. The Labute approximate surface area is 132 Å². The third kappa shape index (κ3) is 11.1. The van der Waals surface area contributed by atoms with E-state index in [1.54, 1.807) is 0 Å². The van der Waals surface area contributed by atoms with Gasteiger partial charge in [-0.1, -0.05) is 24.7 Å². The van der Waals surface area contributed by atoms with Crippen LogP contribution in [0.4, 0.5) is 0 Å². The fourth-order valence-electron chi connectivity index (χ4n) is 1.25. The molecule has 0 heterocycles. The Hall–Kier alpha value is 0.390. The van der Waals surface area contributed by atoms with Crippen LogP contribution in [0.2, 0.25) is 0 Å². The molecule has 7 heteroatoms. The lowest BCUT2D eigenvalue weighted by molar-refractivity contribution is -0.143. The van der Waals surface area contributed by atoms with Gasteiger partial charge in [-0.05, 0) is 45.9 Å². The van der Waals surface area contributed by atoms with Crippen molar-refractivity contribution in [1.29, 1.82) is 0 Å². The second kappa shape index (κ2) is 11.0. The van der Waals surface area contributed by atoms with Crippen molar-refractivity contribution >= 4 is 34.9 Å². The predicted molar refractivity (Wildman–Crippen MR) is 89.7 cm³/mol. The Balaban J connectivity index is 4.13. The van der Waals surface area contributed by atoms with Gasteiger partial charge < -0.3 is 13.8 Å². The summed E-state index contributed by atoms with van der Waals surface area (Å²) in [4.78, 5) is 11.5. The van der Waals surface area contributed by atoms with E-state index in [0.29, 0.717) is 18.8 Å². The first-order valence-corrected chi connectivity index (χ1v) is 11.3. The van der Waals surface area contributed by atoms with E-state index in [1.165, 1.54) is 11.4 Å². The van der Waals surface area contributed by atoms with Crippen LogP contribution < -0.4 is 0 Å². The molecule has 0 aromatic rings. The summed E-state index contributed by atoms with van der Waals surface area (Å²) < 4.78 is 16.6. The fraction of sp³-hybridized carbons (Fsp3) is 0.923.